The number of hydrogen-bond donors (Lipinski definition) is 1. The highest BCUT2D eigenvalue weighted by Crippen LogP contribution is 2.26. The minimum absolute atomic E-state index is 0.153. The van der Waals surface area contributed by atoms with Gasteiger partial charge in [0.2, 0.25) is 5.91 Å². The molecule has 1 saturated carbocycles. The second kappa shape index (κ2) is 8.92. The van der Waals surface area contributed by atoms with Crippen LogP contribution in [0.3, 0.4) is 0 Å². The zero-order valence-electron chi connectivity index (χ0n) is 14.7. The van der Waals surface area contributed by atoms with Gasteiger partial charge in [-0.15, -0.1) is 0 Å². The second-order valence-corrected chi connectivity index (χ2v) is 6.77. The lowest BCUT2D eigenvalue weighted by molar-refractivity contribution is -0.122. The first-order valence-electron chi connectivity index (χ1n) is 8.67. The van der Waals surface area contributed by atoms with Crippen molar-refractivity contribution >= 4 is 5.91 Å². The first-order chi connectivity index (χ1) is 11.1. The van der Waals surface area contributed by atoms with Gasteiger partial charge in [-0.25, -0.2) is 0 Å². The van der Waals surface area contributed by atoms with E-state index in [-0.39, 0.29) is 11.9 Å². The van der Waals surface area contributed by atoms with Crippen LogP contribution in [0.1, 0.15) is 50.1 Å². The number of nitrogens with one attached hydrogen (secondary N) is 1. The molecule has 1 aromatic carbocycles. The van der Waals surface area contributed by atoms with Crippen molar-refractivity contribution in [3.8, 4) is 5.75 Å². The Balaban J connectivity index is 1.90. The molecular formula is C19H30N2O2. The summed E-state index contributed by atoms with van der Waals surface area (Å²) in [5.74, 6) is 1.62. The van der Waals surface area contributed by atoms with E-state index in [1.807, 2.05) is 32.3 Å². The summed E-state index contributed by atoms with van der Waals surface area (Å²) in [6, 6.07) is 8.21. The quantitative estimate of drug-likeness (QED) is 0.838. The monoisotopic (exact) mass is 318 g/mol. The first kappa shape index (κ1) is 17.8. The SMILES string of the molecule is COc1cccc(C(CNC(=O)CC2CCCCC2)N(C)C)c1. The lowest BCUT2D eigenvalue weighted by Crippen LogP contribution is -2.35. The summed E-state index contributed by atoms with van der Waals surface area (Å²) < 4.78 is 5.30. The molecule has 0 radical (unpaired) electrons. The predicted molar refractivity (Wildman–Crippen MR) is 93.6 cm³/mol. The Morgan fingerprint density at radius 1 is 1.30 bits per heavy atom. The predicted octanol–water partition coefficient (Wildman–Crippen LogP) is 3.38. The van der Waals surface area contributed by atoms with E-state index in [2.05, 4.69) is 16.3 Å². The zero-order valence-corrected chi connectivity index (χ0v) is 14.7. The summed E-state index contributed by atoms with van der Waals surface area (Å²) in [5.41, 5.74) is 1.16. The summed E-state index contributed by atoms with van der Waals surface area (Å²) in [6.45, 7) is 0.631. The summed E-state index contributed by atoms with van der Waals surface area (Å²) >= 11 is 0. The topological polar surface area (TPSA) is 41.6 Å². The van der Waals surface area contributed by atoms with E-state index in [1.165, 1.54) is 32.1 Å². The third-order valence-electron chi connectivity index (χ3n) is 4.79. The molecule has 1 aliphatic carbocycles. The molecule has 128 valence electrons. The van der Waals surface area contributed by atoms with Crippen LogP contribution in [-0.4, -0.2) is 38.6 Å². The van der Waals surface area contributed by atoms with Gasteiger partial charge in [-0.05, 0) is 50.6 Å². The molecule has 4 heteroatoms. The number of benzene rings is 1. The van der Waals surface area contributed by atoms with E-state index in [1.54, 1.807) is 7.11 Å². The summed E-state index contributed by atoms with van der Waals surface area (Å²) in [6.07, 6.45) is 6.99. The molecule has 0 aromatic heterocycles. The van der Waals surface area contributed by atoms with Gasteiger partial charge in [-0.2, -0.15) is 0 Å². The van der Waals surface area contributed by atoms with Crippen molar-refractivity contribution < 1.29 is 9.53 Å². The van der Waals surface area contributed by atoms with Crippen molar-refractivity contribution in [2.24, 2.45) is 5.92 Å². The zero-order chi connectivity index (χ0) is 16.7. The first-order valence-corrected chi connectivity index (χ1v) is 8.67. The Morgan fingerprint density at radius 2 is 2.04 bits per heavy atom. The fraction of sp³-hybridized carbons (Fsp3) is 0.632. The molecule has 1 aliphatic rings. The Hall–Kier alpha value is -1.55. The van der Waals surface area contributed by atoms with Crippen molar-refractivity contribution in [3.63, 3.8) is 0 Å². The number of carbonyl (C=O) groups is 1. The van der Waals surface area contributed by atoms with Crippen LogP contribution in [0.5, 0.6) is 5.75 Å². The van der Waals surface area contributed by atoms with E-state index in [9.17, 15) is 4.79 Å². The van der Waals surface area contributed by atoms with Crippen LogP contribution in [0, 0.1) is 5.92 Å². The molecule has 1 atom stereocenters. The van der Waals surface area contributed by atoms with Gasteiger partial charge in [0.25, 0.3) is 0 Å². The number of rotatable bonds is 7. The van der Waals surface area contributed by atoms with Crippen molar-refractivity contribution in [3.05, 3.63) is 29.8 Å². The Bertz CT molecular complexity index is 496. The molecule has 1 amide bonds. The van der Waals surface area contributed by atoms with Crippen LogP contribution < -0.4 is 10.1 Å². The molecule has 4 nitrogen and oxygen atoms in total. The largest absolute Gasteiger partial charge is 0.497 e. The number of hydrogen-bond acceptors (Lipinski definition) is 3. The average Bonchev–Trinajstić information content (AvgIpc) is 2.56. The Labute approximate surface area is 140 Å². The maximum Gasteiger partial charge on any atom is 0.220 e. The second-order valence-electron chi connectivity index (χ2n) is 6.77. The summed E-state index contributed by atoms with van der Waals surface area (Å²) in [4.78, 5) is 14.4. The number of ether oxygens (including phenoxy) is 1. The van der Waals surface area contributed by atoms with Crippen molar-refractivity contribution in [2.75, 3.05) is 27.7 Å². The molecule has 1 fully saturated rings. The normalized spacial score (nSPS) is 17.0. The minimum Gasteiger partial charge on any atom is -0.497 e. The highest BCUT2D eigenvalue weighted by molar-refractivity contribution is 5.76. The average molecular weight is 318 g/mol. The van der Waals surface area contributed by atoms with Crippen molar-refractivity contribution in [1.82, 2.24) is 10.2 Å². The third-order valence-corrected chi connectivity index (χ3v) is 4.79. The van der Waals surface area contributed by atoms with E-state index in [4.69, 9.17) is 4.74 Å². The minimum atomic E-state index is 0.153. The number of carbonyl (C=O) groups excluding carboxylic acids is 1. The van der Waals surface area contributed by atoms with E-state index in [0.29, 0.717) is 18.9 Å². The van der Waals surface area contributed by atoms with E-state index in [0.717, 1.165) is 11.3 Å². The molecule has 0 spiro atoms. The maximum atomic E-state index is 12.2. The molecular weight excluding hydrogens is 288 g/mol. The standard InChI is InChI=1S/C19H30N2O2/c1-21(2)18(16-10-7-11-17(13-16)23-3)14-20-19(22)12-15-8-5-4-6-9-15/h7,10-11,13,15,18H,4-6,8-9,12,14H2,1-3H3,(H,20,22). The van der Waals surface area contributed by atoms with E-state index >= 15 is 0 Å². The van der Waals surface area contributed by atoms with E-state index < -0.39 is 0 Å². The van der Waals surface area contributed by atoms with Crippen LogP contribution >= 0.6 is 0 Å². The highest BCUT2D eigenvalue weighted by Gasteiger charge is 2.19. The molecule has 0 bridgehead atoms. The number of methoxy groups -OCH3 is 1. The van der Waals surface area contributed by atoms with Crippen molar-refractivity contribution in [2.45, 2.75) is 44.6 Å². The van der Waals surface area contributed by atoms with Gasteiger partial charge in [0, 0.05) is 13.0 Å². The Morgan fingerprint density at radius 3 is 2.70 bits per heavy atom. The van der Waals surface area contributed by atoms with Gasteiger partial charge in [0.15, 0.2) is 0 Å². The van der Waals surface area contributed by atoms with Crippen LogP contribution in [0.25, 0.3) is 0 Å². The molecule has 23 heavy (non-hydrogen) atoms. The third kappa shape index (κ3) is 5.54. The molecule has 1 unspecified atom stereocenters. The Kier molecular flexibility index (Phi) is 6.90. The van der Waals surface area contributed by atoms with Crippen LogP contribution in [0.4, 0.5) is 0 Å². The maximum absolute atomic E-state index is 12.2. The number of likely N-dealkylation sites (N-methyl/N-ethyl adjacent to an activating group) is 1. The fourth-order valence-electron chi connectivity index (χ4n) is 3.38. The van der Waals surface area contributed by atoms with Gasteiger partial charge in [-0.1, -0.05) is 31.4 Å². The van der Waals surface area contributed by atoms with Crippen LogP contribution in [0.2, 0.25) is 0 Å². The van der Waals surface area contributed by atoms with Crippen molar-refractivity contribution in [1.29, 1.82) is 0 Å². The molecule has 0 heterocycles. The number of amides is 1. The molecule has 2 rings (SSSR count). The van der Waals surface area contributed by atoms with Gasteiger partial charge in [0.1, 0.15) is 5.75 Å². The molecule has 0 saturated heterocycles. The molecule has 1 N–H and O–H groups in total. The molecule has 0 aliphatic heterocycles. The van der Waals surface area contributed by atoms with Gasteiger partial charge in [0.05, 0.1) is 13.2 Å². The van der Waals surface area contributed by atoms with Gasteiger partial charge in [-0.3, -0.25) is 4.79 Å². The number of nitrogens with zero attached hydrogens (tertiary/aromatic N) is 1. The fourth-order valence-corrected chi connectivity index (χ4v) is 3.38. The summed E-state index contributed by atoms with van der Waals surface area (Å²) in [7, 11) is 5.75. The lowest BCUT2D eigenvalue weighted by atomic mass is 9.87. The molecule has 1 aromatic rings. The van der Waals surface area contributed by atoms with Crippen LogP contribution in [0.15, 0.2) is 24.3 Å². The highest BCUT2D eigenvalue weighted by atomic mass is 16.5. The lowest BCUT2D eigenvalue weighted by Gasteiger charge is -2.26. The van der Waals surface area contributed by atoms with Crippen LogP contribution in [-0.2, 0) is 4.79 Å². The summed E-state index contributed by atoms with van der Waals surface area (Å²) in [5, 5.41) is 3.13. The van der Waals surface area contributed by atoms with Gasteiger partial charge < -0.3 is 15.0 Å². The van der Waals surface area contributed by atoms with Gasteiger partial charge >= 0.3 is 0 Å². The smallest absolute Gasteiger partial charge is 0.220 e.